The molecular weight excluding hydrogens is 184 g/mol. The summed E-state index contributed by atoms with van der Waals surface area (Å²) < 4.78 is 0. The van der Waals surface area contributed by atoms with E-state index < -0.39 is 0 Å². The lowest BCUT2D eigenvalue weighted by atomic mass is 10.0. The molecule has 15 heavy (non-hydrogen) atoms. The number of hydrogen-bond donors (Lipinski definition) is 1. The third-order valence-corrected chi connectivity index (χ3v) is 2.63. The third-order valence-electron chi connectivity index (χ3n) is 2.63. The molecule has 0 bridgehead atoms. The van der Waals surface area contributed by atoms with E-state index in [0.717, 1.165) is 25.0 Å². The van der Waals surface area contributed by atoms with Gasteiger partial charge in [0.15, 0.2) is 0 Å². The van der Waals surface area contributed by atoms with Crippen molar-refractivity contribution in [3.63, 3.8) is 0 Å². The minimum absolute atomic E-state index is 0.451. The van der Waals surface area contributed by atoms with Gasteiger partial charge < -0.3 is 5.32 Å². The van der Waals surface area contributed by atoms with Gasteiger partial charge in [-0.2, -0.15) is 0 Å². The topological polar surface area (TPSA) is 24.9 Å². The van der Waals surface area contributed by atoms with E-state index in [1.807, 2.05) is 25.4 Å². The van der Waals surface area contributed by atoms with E-state index in [0.29, 0.717) is 6.04 Å². The Bertz CT molecular complexity index is 293. The molecule has 82 valence electrons. The lowest BCUT2D eigenvalue weighted by molar-refractivity contribution is 0.543. The van der Waals surface area contributed by atoms with Gasteiger partial charge in [0.05, 0.1) is 0 Å². The number of likely N-dealkylation sites (N-methyl/N-ethyl adjacent to an activating group) is 1. The Morgan fingerprint density at radius 2 is 2.33 bits per heavy atom. The number of nitrogens with zero attached hydrogens (tertiary/aromatic N) is 1. The molecule has 0 saturated heterocycles. The first-order valence-electron chi connectivity index (χ1n) is 5.50. The van der Waals surface area contributed by atoms with Crippen LogP contribution in [0.3, 0.4) is 0 Å². The highest BCUT2D eigenvalue weighted by Crippen LogP contribution is 2.10. The lowest BCUT2D eigenvalue weighted by Crippen LogP contribution is -2.28. The third kappa shape index (κ3) is 4.26. The molecule has 2 nitrogen and oxygen atoms in total. The van der Waals surface area contributed by atoms with Crippen LogP contribution in [0.1, 0.15) is 25.5 Å². The van der Waals surface area contributed by atoms with Crippen molar-refractivity contribution in [2.24, 2.45) is 0 Å². The first kappa shape index (κ1) is 11.9. The van der Waals surface area contributed by atoms with E-state index in [1.54, 1.807) is 0 Å². The summed E-state index contributed by atoms with van der Waals surface area (Å²) in [6.07, 6.45) is 4.90. The minimum Gasteiger partial charge on any atom is -0.316 e. The maximum absolute atomic E-state index is 4.33. The maximum Gasteiger partial charge on any atom is 0.0419 e. The second-order valence-corrected chi connectivity index (χ2v) is 3.82. The van der Waals surface area contributed by atoms with Crippen molar-refractivity contribution in [1.82, 2.24) is 10.3 Å². The molecule has 1 unspecified atom stereocenters. The highest BCUT2D eigenvalue weighted by atomic mass is 14.9. The number of nitrogens with one attached hydrogen (secondary N) is 1. The molecule has 0 radical (unpaired) electrons. The summed E-state index contributed by atoms with van der Waals surface area (Å²) in [4.78, 5) is 4.33. The highest BCUT2D eigenvalue weighted by molar-refractivity contribution is 5.07. The summed E-state index contributed by atoms with van der Waals surface area (Å²) in [7, 11) is 2.00. The first-order valence-corrected chi connectivity index (χ1v) is 5.50. The van der Waals surface area contributed by atoms with Crippen molar-refractivity contribution in [2.75, 3.05) is 7.05 Å². The van der Waals surface area contributed by atoms with Crippen LogP contribution in [-0.4, -0.2) is 18.1 Å². The van der Waals surface area contributed by atoms with Crippen LogP contribution in [0.2, 0.25) is 0 Å². The van der Waals surface area contributed by atoms with E-state index in [9.17, 15) is 0 Å². The number of rotatable bonds is 6. The Morgan fingerprint density at radius 3 is 2.87 bits per heavy atom. The largest absolute Gasteiger partial charge is 0.316 e. The molecule has 0 aromatic carbocycles. The van der Waals surface area contributed by atoms with Crippen molar-refractivity contribution in [1.29, 1.82) is 0 Å². The SMILES string of the molecule is C=C(CC)CC(Cc1ccccn1)NC. The standard InChI is InChI=1S/C13H20N2/c1-4-11(2)9-13(14-3)10-12-7-5-6-8-15-12/h5-8,13-14H,2,4,9-10H2,1,3H3. The zero-order valence-electron chi connectivity index (χ0n) is 9.66. The molecule has 0 aliphatic rings. The van der Waals surface area contributed by atoms with E-state index in [4.69, 9.17) is 0 Å². The van der Waals surface area contributed by atoms with Crippen molar-refractivity contribution in [3.8, 4) is 0 Å². The second-order valence-electron chi connectivity index (χ2n) is 3.82. The van der Waals surface area contributed by atoms with Gasteiger partial charge in [-0.25, -0.2) is 0 Å². The normalized spacial score (nSPS) is 12.4. The summed E-state index contributed by atoms with van der Waals surface area (Å²) in [5.41, 5.74) is 2.44. The molecule has 1 rings (SSSR count). The van der Waals surface area contributed by atoms with Crippen LogP contribution in [0, 0.1) is 0 Å². The van der Waals surface area contributed by atoms with Crippen LogP contribution in [0.25, 0.3) is 0 Å². The summed E-state index contributed by atoms with van der Waals surface area (Å²) >= 11 is 0. The molecule has 0 spiro atoms. The van der Waals surface area contributed by atoms with Crippen molar-refractivity contribution < 1.29 is 0 Å². The van der Waals surface area contributed by atoms with Crippen LogP contribution < -0.4 is 5.32 Å². The molecule has 2 heteroatoms. The van der Waals surface area contributed by atoms with Gasteiger partial charge in [0.1, 0.15) is 0 Å². The number of hydrogen-bond acceptors (Lipinski definition) is 2. The Labute approximate surface area is 92.4 Å². The van der Waals surface area contributed by atoms with Crippen LogP contribution in [-0.2, 0) is 6.42 Å². The molecule has 1 N–H and O–H groups in total. The monoisotopic (exact) mass is 204 g/mol. The van der Waals surface area contributed by atoms with Gasteiger partial charge in [0.25, 0.3) is 0 Å². The summed E-state index contributed by atoms with van der Waals surface area (Å²) in [6, 6.07) is 6.50. The van der Waals surface area contributed by atoms with Gasteiger partial charge in [-0.3, -0.25) is 4.98 Å². The number of aromatic nitrogens is 1. The van der Waals surface area contributed by atoms with Gasteiger partial charge in [0.2, 0.25) is 0 Å². The molecule has 1 heterocycles. The quantitative estimate of drug-likeness (QED) is 0.720. The number of pyridine rings is 1. The van der Waals surface area contributed by atoms with E-state index in [1.165, 1.54) is 5.57 Å². The fourth-order valence-electron chi connectivity index (χ4n) is 1.54. The molecule has 0 amide bonds. The predicted molar refractivity (Wildman–Crippen MR) is 64.8 cm³/mol. The zero-order chi connectivity index (χ0) is 11.1. The molecule has 1 atom stereocenters. The molecular formula is C13H20N2. The Morgan fingerprint density at radius 1 is 1.53 bits per heavy atom. The van der Waals surface area contributed by atoms with Crippen LogP contribution in [0.15, 0.2) is 36.5 Å². The van der Waals surface area contributed by atoms with E-state index >= 15 is 0 Å². The molecule has 1 aromatic heterocycles. The van der Waals surface area contributed by atoms with E-state index in [2.05, 4.69) is 29.9 Å². The van der Waals surface area contributed by atoms with Gasteiger partial charge in [-0.05, 0) is 32.0 Å². The van der Waals surface area contributed by atoms with Crippen LogP contribution in [0.5, 0.6) is 0 Å². The smallest absolute Gasteiger partial charge is 0.0419 e. The van der Waals surface area contributed by atoms with Gasteiger partial charge in [0, 0.05) is 24.4 Å². The molecule has 1 aromatic rings. The minimum atomic E-state index is 0.451. The average Bonchev–Trinajstić information content (AvgIpc) is 2.29. The average molecular weight is 204 g/mol. The summed E-state index contributed by atoms with van der Waals surface area (Å²) in [6.45, 7) is 6.19. The van der Waals surface area contributed by atoms with Crippen LogP contribution >= 0.6 is 0 Å². The van der Waals surface area contributed by atoms with Crippen molar-refractivity contribution in [3.05, 3.63) is 42.2 Å². The Kier molecular flexibility index (Phi) is 5.05. The van der Waals surface area contributed by atoms with Gasteiger partial charge >= 0.3 is 0 Å². The molecule has 0 saturated carbocycles. The fraction of sp³-hybridized carbons (Fsp3) is 0.462. The van der Waals surface area contributed by atoms with Crippen molar-refractivity contribution >= 4 is 0 Å². The zero-order valence-corrected chi connectivity index (χ0v) is 9.66. The van der Waals surface area contributed by atoms with Gasteiger partial charge in [-0.15, -0.1) is 0 Å². The second kappa shape index (κ2) is 6.36. The lowest BCUT2D eigenvalue weighted by Gasteiger charge is -2.16. The fourth-order valence-corrected chi connectivity index (χ4v) is 1.54. The summed E-state index contributed by atoms with van der Waals surface area (Å²) in [5, 5.41) is 3.31. The van der Waals surface area contributed by atoms with Crippen molar-refractivity contribution in [2.45, 2.75) is 32.2 Å². The highest BCUT2D eigenvalue weighted by Gasteiger charge is 2.08. The molecule has 0 aliphatic carbocycles. The maximum atomic E-state index is 4.33. The van der Waals surface area contributed by atoms with Gasteiger partial charge in [-0.1, -0.05) is 25.1 Å². The molecule has 0 aliphatic heterocycles. The Hall–Kier alpha value is -1.15. The summed E-state index contributed by atoms with van der Waals surface area (Å²) in [5.74, 6) is 0. The first-order chi connectivity index (χ1) is 7.26. The van der Waals surface area contributed by atoms with Crippen LogP contribution in [0.4, 0.5) is 0 Å². The predicted octanol–water partition coefficient (Wildman–Crippen LogP) is 2.57. The van der Waals surface area contributed by atoms with E-state index in [-0.39, 0.29) is 0 Å². The Balaban J connectivity index is 2.50. The molecule has 0 fully saturated rings.